The highest BCUT2D eigenvalue weighted by molar-refractivity contribution is 5.40. The second-order valence-electron chi connectivity index (χ2n) is 7.60. The molecule has 164 valence electrons. The molecular formula is C23H30F2N2O3. The van der Waals surface area contributed by atoms with Gasteiger partial charge in [0.1, 0.15) is 36.2 Å². The number of likely N-dealkylation sites (tertiary alicyclic amines) is 1. The summed E-state index contributed by atoms with van der Waals surface area (Å²) in [6.07, 6.45) is -0.406. The molecule has 30 heavy (non-hydrogen) atoms. The molecule has 0 radical (unpaired) electrons. The summed E-state index contributed by atoms with van der Waals surface area (Å²) in [7, 11) is 1.58. The zero-order valence-corrected chi connectivity index (χ0v) is 17.3. The highest BCUT2D eigenvalue weighted by Crippen LogP contribution is 2.25. The fourth-order valence-corrected chi connectivity index (χ4v) is 3.58. The molecule has 1 aliphatic rings. The second-order valence-corrected chi connectivity index (χ2v) is 7.60. The van der Waals surface area contributed by atoms with Crippen LogP contribution < -0.4 is 14.8 Å². The number of alkyl halides is 1. The number of benzene rings is 2. The van der Waals surface area contributed by atoms with Crippen molar-refractivity contribution in [1.82, 2.24) is 10.2 Å². The Labute approximate surface area is 176 Å². The smallest absolute Gasteiger partial charge is 0.127 e. The maximum atomic E-state index is 13.7. The summed E-state index contributed by atoms with van der Waals surface area (Å²) in [6.45, 7) is 2.69. The molecule has 2 N–H and O–H groups in total. The van der Waals surface area contributed by atoms with Crippen LogP contribution in [0.4, 0.5) is 8.78 Å². The fourth-order valence-electron chi connectivity index (χ4n) is 3.58. The molecule has 1 heterocycles. The molecule has 0 aromatic heterocycles. The summed E-state index contributed by atoms with van der Waals surface area (Å²) < 4.78 is 38.2. The Morgan fingerprint density at radius 2 is 2.07 bits per heavy atom. The van der Waals surface area contributed by atoms with Crippen molar-refractivity contribution in [3.63, 3.8) is 0 Å². The van der Waals surface area contributed by atoms with Crippen molar-refractivity contribution in [2.45, 2.75) is 31.7 Å². The molecule has 0 aliphatic carbocycles. The number of ether oxygens (including phenoxy) is 2. The molecule has 1 fully saturated rings. The van der Waals surface area contributed by atoms with Crippen LogP contribution in [-0.2, 0) is 13.0 Å². The Hall–Kier alpha value is -2.22. The van der Waals surface area contributed by atoms with Gasteiger partial charge in [0.05, 0.1) is 7.11 Å². The predicted molar refractivity (Wildman–Crippen MR) is 112 cm³/mol. The second kappa shape index (κ2) is 11.2. The Balaban J connectivity index is 1.51. The topological polar surface area (TPSA) is 54.0 Å². The van der Waals surface area contributed by atoms with Crippen LogP contribution in [0.1, 0.15) is 17.5 Å². The molecule has 1 unspecified atom stereocenters. The van der Waals surface area contributed by atoms with Crippen LogP contribution in [0.2, 0.25) is 0 Å². The third kappa shape index (κ3) is 6.65. The molecule has 0 spiro atoms. The zero-order chi connectivity index (χ0) is 21.3. The van der Waals surface area contributed by atoms with Crippen LogP contribution in [0.5, 0.6) is 11.5 Å². The summed E-state index contributed by atoms with van der Waals surface area (Å²) in [4.78, 5) is 1.91. The minimum Gasteiger partial charge on any atom is -0.497 e. The first kappa shape index (κ1) is 22.5. The number of rotatable bonds is 11. The Morgan fingerprint density at radius 3 is 2.80 bits per heavy atom. The average molecular weight is 421 g/mol. The van der Waals surface area contributed by atoms with E-state index in [1.165, 1.54) is 6.07 Å². The van der Waals surface area contributed by atoms with Crippen LogP contribution in [0.3, 0.4) is 0 Å². The van der Waals surface area contributed by atoms with Crippen molar-refractivity contribution in [2.75, 3.05) is 39.9 Å². The first-order valence-corrected chi connectivity index (χ1v) is 10.3. The van der Waals surface area contributed by atoms with E-state index in [2.05, 4.69) is 5.32 Å². The van der Waals surface area contributed by atoms with Crippen LogP contribution in [-0.4, -0.2) is 62.2 Å². The van der Waals surface area contributed by atoms with E-state index in [0.29, 0.717) is 62.6 Å². The van der Waals surface area contributed by atoms with Crippen LogP contribution in [0.25, 0.3) is 0 Å². The van der Waals surface area contributed by atoms with Gasteiger partial charge in [0.2, 0.25) is 0 Å². The summed E-state index contributed by atoms with van der Waals surface area (Å²) in [6, 6.07) is 12.3. The lowest BCUT2D eigenvalue weighted by Crippen LogP contribution is -2.34. The van der Waals surface area contributed by atoms with Gasteiger partial charge in [-0.25, -0.2) is 8.78 Å². The maximum Gasteiger partial charge on any atom is 0.127 e. The number of hydrogen-bond acceptors (Lipinski definition) is 5. The van der Waals surface area contributed by atoms with E-state index in [0.717, 1.165) is 5.56 Å². The molecular weight excluding hydrogens is 390 g/mol. The number of β-amino-alcohol motifs (C(OH)–C–C–N with tert-alkyl or cyclic N) is 1. The van der Waals surface area contributed by atoms with E-state index < -0.39 is 12.3 Å². The minimum atomic E-state index is -0.807. The van der Waals surface area contributed by atoms with E-state index in [4.69, 9.17) is 9.47 Å². The molecule has 7 heteroatoms. The van der Waals surface area contributed by atoms with E-state index in [-0.39, 0.29) is 12.4 Å². The Kier molecular flexibility index (Phi) is 8.42. The molecule has 0 bridgehead atoms. The monoisotopic (exact) mass is 420 g/mol. The third-order valence-corrected chi connectivity index (χ3v) is 5.23. The van der Waals surface area contributed by atoms with Crippen molar-refractivity contribution < 1.29 is 23.4 Å². The highest BCUT2D eigenvalue weighted by Gasteiger charge is 2.23. The van der Waals surface area contributed by atoms with Crippen molar-refractivity contribution in [2.24, 2.45) is 0 Å². The summed E-state index contributed by atoms with van der Waals surface area (Å²) in [5.74, 6) is 1.09. The number of methoxy groups -OCH3 is 1. The lowest BCUT2D eigenvalue weighted by Gasteiger charge is -2.20. The molecule has 1 aliphatic heterocycles. The molecule has 2 atom stereocenters. The summed E-state index contributed by atoms with van der Waals surface area (Å²) >= 11 is 0. The van der Waals surface area contributed by atoms with Crippen LogP contribution in [0, 0.1) is 5.82 Å². The third-order valence-electron chi connectivity index (χ3n) is 5.23. The van der Waals surface area contributed by atoms with Crippen molar-refractivity contribution in [3.05, 3.63) is 59.4 Å². The van der Waals surface area contributed by atoms with Crippen molar-refractivity contribution in [3.8, 4) is 11.5 Å². The SMILES string of the molecule is COc1ccc(CNCCc2ccccc2F)c(OCC(O)CN2CC[C@@H](F)C2)c1. The Bertz CT molecular complexity index is 806. The molecule has 0 saturated carbocycles. The van der Waals surface area contributed by atoms with Gasteiger partial charge in [0, 0.05) is 37.8 Å². The molecule has 0 amide bonds. The lowest BCUT2D eigenvalue weighted by molar-refractivity contribution is 0.0734. The first-order valence-electron chi connectivity index (χ1n) is 10.3. The standard InChI is InChI=1S/C23H30F2N2O3/c1-29-21-7-6-18(13-26-10-8-17-4-2-3-5-22(17)25)23(12-21)30-16-20(28)15-27-11-9-19(24)14-27/h2-7,12,19-20,26,28H,8-11,13-16H2,1H3/t19-,20?/m1/s1. The molecule has 2 aromatic rings. The van der Waals surface area contributed by atoms with E-state index in [1.54, 1.807) is 25.3 Å². The molecule has 5 nitrogen and oxygen atoms in total. The summed E-state index contributed by atoms with van der Waals surface area (Å²) in [5.41, 5.74) is 1.60. The maximum absolute atomic E-state index is 13.7. The molecule has 2 aromatic carbocycles. The quantitative estimate of drug-likeness (QED) is 0.548. The van der Waals surface area contributed by atoms with E-state index in [1.807, 2.05) is 23.1 Å². The lowest BCUT2D eigenvalue weighted by atomic mass is 10.1. The highest BCUT2D eigenvalue weighted by atomic mass is 19.1. The van der Waals surface area contributed by atoms with Gasteiger partial charge >= 0.3 is 0 Å². The van der Waals surface area contributed by atoms with Gasteiger partial charge in [-0.05, 0) is 37.1 Å². The van der Waals surface area contributed by atoms with Gasteiger partial charge in [-0.3, -0.25) is 4.90 Å². The predicted octanol–water partition coefficient (Wildman–Crippen LogP) is 2.95. The van der Waals surface area contributed by atoms with Gasteiger partial charge in [-0.1, -0.05) is 24.3 Å². The van der Waals surface area contributed by atoms with Gasteiger partial charge in [0.25, 0.3) is 0 Å². The van der Waals surface area contributed by atoms with Gasteiger partial charge in [-0.2, -0.15) is 0 Å². The number of halogens is 2. The molecule has 3 rings (SSSR count). The first-order chi connectivity index (χ1) is 14.5. The average Bonchev–Trinajstić information content (AvgIpc) is 3.15. The number of aliphatic hydroxyl groups is 1. The van der Waals surface area contributed by atoms with Gasteiger partial charge in [0.15, 0.2) is 0 Å². The van der Waals surface area contributed by atoms with Crippen LogP contribution in [0.15, 0.2) is 42.5 Å². The molecule has 1 saturated heterocycles. The summed E-state index contributed by atoms with van der Waals surface area (Å²) in [5, 5.41) is 13.6. The zero-order valence-electron chi connectivity index (χ0n) is 17.3. The number of nitrogens with one attached hydrogen (secondary N) is 1. The van der Waals surface area contributed by atoms with Crippen molar-refractivity contribution >= 4 is 0 Å². The van der Waals surface area contributed by atoms with Crippen LogP contribution >= 0.6 is 0 Å². The van der Waals surface area contributed by atoms with E-state index >= 15 is 0 Å². The van der Waals surface area contributed by atoms with Crippen molar-refractivity contribution in [1.29, 1.82) is 0 Å². The minimum absolute atomic E-state index is 0.114. The number of aliphatic hydroxyl groups excluding tert-OH is 1. The van der Waals surface area contributed by atoms with Gasteiger partial charge < -0.3 is 19.9 Å². The Morgan fingerprint density at radius 1 is 1.23 bits per heavy atom. The number of hydrogen-bond donors (Lipinski definition) is 2. The fraction of sp³-hybridized carbons (Fsp3) is 0.478. The number of nitrogens with zero attached hydrogens (tertiary/aromatic N) is 1. The van der Waals surface area contributed by atoms with E-state index in [9.17, 15) is 13.9 Å². The largest absolute Gasteiger partial charge is 0.497 e. The normalized spacial score (nSPS) is 17.8. The van der Waals surface area contributed by atoms with Gasteiger partial charge in [-0.15, -0.1) is 0 Å².